The smallest absolute Gasteiger partial charge is 0.322 e. The molecule has 0 unspecified atom stereocenters. The van der Waals surface area contributed by atoms with Gasteiger partial charge in [-0.1, -0.05) is 0 Å². The lowest BCUT2D eigenvalue weighted by Gasteiger charge is -2.34. The third-order valence-corrected chi connectivity index (χ3v) is 2.18. The Labute approximate surface area is 81.1 Å². The number of carbonyl (C=O) groups is 1. The number of nitrogens with zero attached hydrogens (tertiary/aromatic N) is 1. The minimum atomic E-state index is -0.164. The topological polar surface area (TPSA) is 29.5 Å². The van der Waals surface area contributed by atoms with Gasteiger partial charge in [-0.3, -0.25) is 9.69 Å². The van der Waals surface area contributed by atoms with Crippen LogP contribution in [0.4, 0.5) is 0 Å². The molecule has 0 fully saturated rings. The van der Waals surface area contributed by atoms with E-state index in [1.54, 1.807) is 0 Å². The SMILES string of the molecule is COC(=O)[C@@H](C)N(C(C)C)C(C)C. The number of ether oxygens (including phenoxy) is 1. The van der Waals surface area contributed by atoms with Gasteiger partial charge < -0.3 is 4.74 Å². The molecule has 3 nitrogen and oxygen atoms in total. The van der Waals surface area contributed by atoms with Crippen LogP contribution in [0, 0.1) is 0 Å². The van der Waals surface area contributed by atoms with Gasteiger partial charge in [0.05, 0.1) is 7.11 Å². The van der Waals surface area contributed by atoms with Crippen LogP contribution in [0.2, 0.25) is 0 Å². The van der Waals surface area contributed by atoms with E-state index in [1.807, 2.05) is 6.92 Å². The molecular formula is C10H21NO2. The molecule has 13 heavy (non-hydrogen) atoms. The average Bonchev–Trinajstić information content (AvgIpc) is 2.01. The van der Waals surface area contributed by atoms with Gasteiger partial charge in [0.25, 0.3) is 0 Å². The van der Waals surface area contributed by atoms with E-state index in [0.717, 1.165) is 0 Å². The van der Waals surface area contributed by atoms with Crippen LogP contribution in [0.15, 0.2) is 0 Å². The van der Waals surface area contributed by atoms with Gasteiger partial charge in [-0.05, 0) is 34.6 Å². The summed E-state index contributed by atoms with van der Waals surface area (Å²) in [5.41, 5.74) is 0. The van der Waals surface area contributed by atoms with Gasteiger partial charge in [0.15, 0.2) is 0 Å². The van der Waals surface area contributed by atoms with Gasteiger partial charge >= 0.3 is 5.97 Å². The van der Waals surface area contributed by atoms with Crippen molar-refractivity contribution in [3.8, 4) is 0 Å². The molecule has 1 atom stereocenters. The summed E-state index contributed by atoms with van der Waals surface area (Å²) in [6.45, 7) is 10.2. The lowest BCUT2D eigenvalue weighted by atomic mass is 10.1. The number of hydrogen-bond acceptors (Lipinski definition) is 3. The van der Waals surface area contributed by atoms with Gasteiger partial charge in [-0.2, -0.15) is 0 Å². The fourth-order valence-electron chi connectivity index (χ4n) is 1.78. The van der Waals surface area contributed by atoms with E-state index in [1.165, 1.54) is 7.11 Å². The molecule has 0 spiro atoms. The number of rotatable bonds is 4. The number of methoxy groups -OCH3 is 1. The molecule has 0 saturated carbocycles. The molecular weight excluding hydrogens is 166 g/mol. The van der Waals surface area contributed by atoms with Crippen molar-refractivity contribution in [1.82, 2.24) is 4.90 Å². The highest BCUT2D eigenvalue weighted by Gasteiger charge is 2.26. The first kappa shape index (κ1) is 12.4. The standard InChI is InChI=1S/C10H21NO2/c1-7(2)11(8(3)4)9(5)10(12)13-6/h7-9H,1-6H3/t9-/m1/s1. The first-order valence-corrected chi connectivity index (χ1v) is 4.77. The van der Waals surface area contributed by atoms with E-state index in [4.69, 9.17) is 4.74 Å². The van der Waals surface area contributed by atoms with Crippen molar-refractivity contribution in [2.24, 2.45) is 0 Å². The second kappa shape index (κ2) is 5.22. The Morgan fingerprint density at radius 2 is 1.46 bits per heavy atom. The van der Waals surface area contributed by atoms with Crippen molar-refractivity contribution in [1.29, 1.82) is 0 Å². The molecule has 0 aromatic carbocycles. The second-order valence-electron chi connectivity index (χ2n) is 3.83. The molecule has 78 valence electrons. The molecule has 0 rings (SSSR count). The van der Waals surface area contributed by atoms with Gasteiger partial charge in [0, 0.05) is 12.1 Å². The highest BCUT2D eigenvalue weighted by atomic mass is 16.5. The summed E-state index contributed by atoms with van der Waals surface area (Å²) >= 11 is 0. The zero-order valence-corrected chi connectivity index (χ0v) is 9.50. The van der Waals surface area contributed by atoms with Gasteiger partial charge in [0.2, 0.25) is 0 Å². The molecule has 0 aliphatic carbocycles. The Bertz CT molecular complexity index is 158. The molecule has 0 aliphatic rings. The summed E-state index contributed by atoms with van der Waals surface area (Å²) in [5, 5.41) is 0. The monoisotopic (exact) mass is 187 g/mol. The molecule has 0 aromatic rings. The molecule has 3 heteroatoms. The van der Waals surface area contributed by atoms with Crippen LogP contribution >= 0.6 is 0 Å². The molecule has 0 aliphatic heterocycles. The average molecular weight is 187 g/mol. The summed E-state index contributed by atoms with van der Waals surface area (Å²) < 4.78 is 4.71. The highest BCUT2D eigenvalue weighted by molar-refractivity contribution is 5.75. The molecule has 0 N–H and O–H groups in total. The Hall–Kier alpha value is -0.570. The maximum atomic E-state index is 11.3. The first-order chi connectivity index (χ1) is 5.91. The van der Waals surface area contributed by atoms with E-state index in [-0.39, 0.29) is 12.0 Å². The second-order valence-corrected chi connectivity index (χ2v) is 3.83. The van der Waals surface area contributed by atoms with Gasteiger partial charge in [0.1, 0.15) is 6.04 Å². The number of carbonyl (C=O) groups excluding carboxylic acids is 1. The number of esters is 1. The molecule has 0 amide bonds. The quantitative estimate of drug-likeness (QED) is 0.627. The van der Waals surface area contributed by atoms with Crippen molar-refractivity contribution in [2.45, 2.75) is 52.7 Å². The summed E-state index contributed by atoms with van der Waals surface area (Å²) in [5.74, 6) is -0.164. The van der Waals surface area contributed by atoms with Crippen LogP contribution in [0.25, 0.3) is 0 Å². The predicted molar refractivity (Wildman–Crippen MR) is 53.6 cm³/mol. The van der Waals surface area contributed by atoms with Crippen LogP contribution < -0.4 is 0 Å². The Kier molecular flexibility index (Phi) is 4.99. The van der Waals surface area contributed by atoms with Crippen LogP contribution in [0.5, 0.6) is 0 Å². The molecule has 0 radical (unpaired) electrons. The van der Waals surface area contributed by atoms with Crippen molar-refractivity contribution in [3.05, 3.63) is 0 Å². The summed E-state index contributed by atoms with van der Waals surface area (Å²) in [6.07, 6.45) is 0. The van der Waals surface area contributed by atoms with Crippen molar-refractivity contribution >= 4 is 5.97 Å². The van der Waals surface area contributed by atoms with Gasteiger partial charge in [-0.15, -0.1) is 0 Å². The minimum absolute atomic E-state index is 0.162. The van der Waals surface area contributed by atoms with E-state index in [9.17, 15) is 4.79 Å². The summed E-state index contributed by atoms with van der Waals surface area (Å²) in [7, 11) is 1.43. The van der Waals surface area contributed by atoms with E-state index < -0.39 is 0 Å². The zero-order chi connectivity index (χ0) is 10.6. The largest absolute Gasteiger partial charge is 0.468 e. The van der Waals surface area contributed by atoms with Crippen LogP contribution in [-0.4, -0.2) is 36.1 Å². The Balaban J connectivity index is 4.46. The van der Waals surface area contributed by atoms with Crippen molar-refractivity contribution in [3.63, 3.8) is 0 Å². The normalized spacial score (nSPS) is 13.9. The molecule has 0 bridgehead atoms. The predicted octanol–water partition coefficient (Wildman–Crippen LogP) is 1.67. The highest BCUT2D eigenvalue weighted by Crippen LogP contribution is 2.11. The van der Waals surface area contributed by atoms with Crippen molar-refractivity contribution in [2.75, 3.05) is 7.11 Å². The van der Waals surface area contributed by atoms with E-state index in [2.05, 4.69) is 32.6 Å². The maximum absolute atomic E-state index is 11.3. The lowest BCUT2D eigenvalue weighted by molar-refractivity contribution is -0.147. The third kappa shape index (κ3) is 3.35. The Morgan fingerprint density at radius 1 is 1.08 bits per heavy atom. The minimum Gasteiger partial charge on any atom is -0.468 e. The maximum Gasteiger partial charge on any atom is 0.322 e. The lowest BCUT2D eigenvalue weighted by Crippen LogP contribution is -2.47. The third-order valence-electron chi connectivity index (χ3n) is 2.18. The fourth-order valence-corrected chi connectivity index (χ4v) is 1.78. The van der Waals surface area contributed by atoms with Gasteiger partial charge in [-0.25, -0.2) is 0 Å². The molecule has 0 saturated heterocycles. The van der Waals surface area contributed by atoms with Crippen molar-refractivity contribution < 1.29 is 9.53 Å². The molecule has 0 aromatic heterocycles. The van der Waals surface area contributed by atoms with E-state index >= 15 is 0 Å². The van der Waals surface area contributed by atoms with Crippen LogP contribution in [0.1, 0.15) is 34.6 Å². The first-order valence-electron chi connectivity index (χ1n) is 4.77. The summed E-state index contributed by atoms with van der Waals surface area (Å²) in [6, 6.07) is 0.549. The van der Waals surface area contributed by atoms with Crippen LogP contribution in [0.3, 0.4) is 0 Å². The van der Waals surface area contributed by atoms with E-state index in [0.29, 0.717) is 12.1 Å². The number of hydrogen-bond donors (Lipinski definition) is 0. The molecule has 0 heterocycles. The zero-order valence-electron chi connectivity index (χ0n) is 9.50. The van der Waals surface area contributed by atoms with Crippen LogP contribution in [-0.2, 0) is 9.53 Å². The Morgan fingerprint density at radius 3 is 1.69 bits per heavy atom. The fraction of sp³-hybridized carbons (Fsp3) is 0.900. The summed E-state index contributed by atoms with van der Waals surface area (Å²) in [4.78, 5) is 13.4.